The maximum Gasteiger partial charge on any atom is 0.222 e. The van der Waals surface area contributed by atoms with Crippen molar-refractivity contribution in [1.29, 1.82) is 0 Å². The zero-order chi connectivity index (χ0) is 13.5. The van der Waals surface area contributed by atoms with Crippen LogP contribution < -0.4 is 4.74 Å². The number of unbranched alkanes of at least 4 members (excludes halogenated alkanes) is 1. The third-order valence-electron chi connectivity index (χ3n) is 3.67. The summed E-state index contributed by atoms with van der Waals surface area (Å²) >= 11 is 0. The molecule has 0 aromatic heterocycles. The molecule has 3 heteroatoms. The molecule has 1 aliphatic rings. The molecule has 2 rings (SSSR count). The Hall–Kier alpha value is -1.51. The van der Waals surface area contributed by atoms with Gasteiger partial charge in [-0.1, -0.05) is 18.2 Å². The number of benzene rings is 1. The Morgan fingerprint density at radius 1 is 1.32 bits per heavy atom. The van der Waals surface area contributed by atoms with Gasteiger partial charge in [0.15, 0.2) is 0 Å². The van der Waals surface area contributed by atoms with Gasteiger partial charge in [0.2, 0.25) is 5.91 Å². The van der Waals surface area contributed by atoms with Crippen molar-refractivity contribution in [2.45, 2.75) is 45.1 Å². The molecule has 1 atom stereocenters. The Kier molecular flexibility index (Phi) is 5.25. The Balaban J connectivity index is 1.58. The molecule has 1 unspecified atom stereocenters. The van der Waals surface area contributed by atoms with Crippen LogP contribution in [0.3, 0.4) is 0 Å². The molecule has 3 nitrogen and oxygen atoms in total. The second-order valence-electron chi connectivity index (χ2n) is 5.20. The van der Waals surface area contributed by atoms with E-state index in [1.165, 1.54) is 0 Å². The van der Waals surface area contributed by atoms with E-state index in [0.717, 1.165) is 38.0 Å². The fourth-order valence-corrected chi connectivity index (χ4v) is 2.53. The summed E-state index contributed by atoms with van der Waals surface area (Å²) in [6.07, 6.45) is 4.81. The molecule has 19 heavy (non-hydrogen) atoms. The summed E-state index contributed by atoms with van der Waals surface area (Å²) in [7, 11) is 0. The maximum atomic E-state index is 12.0. The summed E-state index contributed by atoms with van der Waals surface area (Å²) in [6, 6.07) is 10.3. The van der Waals surface area contributed by atoms with E-state index in [9.17, 15) is 4.79 Å². The van der Waals surface area contributed by atoms with Gasteiger partial charge >= 0.3 is 0 Å². The lowest BCUT2D eigenvalue weighted by atomic mass is 10.2. The topological polar surface area (TPSA) is 29.5 Å². The second-order valence-corrected chi connectivity index (χ2v) is 5.20. The van der Waals surface area contributed by atoms with Crippen LogP contribution in [-0.4, -0.2) is 30.0 Å². The van der Waals surface area contributed by atoms with E-state index < -0.39 is 0 Å². The molecule has 1 saturated heterocycles. The van der Waals surface area contributed by atoms with E-state index in [4.69, 9.17) is 4.74 Å². The zero-order valence-corrected chi connectivity index (χ0v) is 11.7. The zero-order valence-electron chi connectivity index (χ0n) is 11.7. The van der Waals surface area contributed by atoms with Gasteiger partial charge in [0, 0.05) is 19.0 Å². The number of carbonyl (C=O) groups excluding carboxylic acids is 1. The Bertz CT molecular complexity index is 391. The highest BCUT2D eigenvalue weighted by Crippen LogP contribution is 2.18. The molecule has 104 valence electrons. The number of rotatable bonds is 6. The fraction of sp³-hybridized carbons (Fsp3) is 0.562. The fourth-order valence-electron chi connectivity index (χ4n) is 2.53. The largest absolute Gasteiger partial charge is 0.494 e. The normalized spacial score (nSPS) is 18.6. The summed E-state index contributed by atoms with van der Waals surface area (Å²) in [6.45, 7) is 3.77. The predicted molar refractivity (Wildman–Crippen MR) is 76.2 cm³/mol. The summed E-state index contributed by atoms with van der Waals surface area (Å²) in [5.41, 5.74) is 0. The molecule has 1 aromatic rings. The molecule has 1 aromatic carbocycles. The average Bonchev–Trinajstić information content (AvgIpc) is 2.86. The van der Waals surface area contributed by atoms with Gasteiger partial charge in [0.05, 0.1) is 6.61 Å². The Morgan fingerprint density at radius 3 is 2.79 bits per heavy atom. The quantitative estimate of drug-likeness (QED) is 0.736. The highest BCUT2D eigenvalue weighted by Gasteiger charge is 2.24. The SMILES string of the molecule is CC1CCCN1C(=O)CCCCOc1ccccc1. The van der Waals surface area contributed by atoms with Crippen molar-refractivity contribution in [2.75, 3.05) is 13.2 Å². The average molecular weight is 261 g/mol. The van der Waals surface area contributed by atoms with Crippen LogP contribution in [0.5, 0.6) is 5.75 Å². The van der Waals surface area contributed by atoms with E-state index in [-0.39, 0.29) is 0 Å². The van der Waals surface area contributed by atoms with Crippen LogP contribution in [0.15, 0.2) is 30.3 Å². The number of ether oxygens (including phenoxy) is 1. The first-order valence-corrected chi connectivity index (χ1v) is 7.24. The molecule has 0 aliphatic carbocycles. The monoisotopic (exact) mass is 261 g/mol. The number of nitrogens with zero attached hydrogens (tertiary/aromatic N) is 1. The lowest BCUT2D eigenvalue weighted by Gasteiger charge is -2.21. The van der Waals surface area contributed by atoms with Crippen molar-refractivity contribution >= 4 is 5.91 Å². The van der Waals surface area contributed by atoms with Crippen molar-refractivity contribution in [2.24, 2.45) is 0 Å². The highest BCUT2D eigenvalue weighted by molar-refractivity contribution is 5.76. The number of para-hydroxylation sites is 1. The van der Waals surface area contributed by atoms with Gasteiger partial charge in [-0.05, 0) is 44.7 Å². The van der Waals surface area contributed by atoms with Crippen molar-refractivity contribution < 1.29 is 9.53 Å². The highest BCUT2D eigenvalue weighted by atomic mass is 16.5. The predicted octanol–water partition coefficient (Wildman–Crippen LogP) is 3.25. The number of amides is 1. The van der Waals surface area contributed by atoms with Gasteiger partial charge in [-0.25, -0.2) is 0 Å². The molecule has 0 radical (unpaired) electrons. The molecule has 1 fully saturated rings. The first-order chi connectivity index (χ1) is 9.27. The van der Waals surface area contributed by atoms with Crippen molar-refractivity contribution in [3.05, 3.63) is 30.3 Å². The van der Waals surface area contributed by atoms with Crippen LogP contribution in [-0.2, 0) is 4.79 Å². The second kappa shape index (κ2) is 7.17. The standard InChI is InChI=1S/C16H23NO2/c1-14-8-7-12-17(14)16(18)11-5-6-13-19-15-9-3-2-4-10-15/h2-4,9-10,14H,5-8,11-13H2,1H3. The van der Waals surface area contributed by atoms with Crippen molar-refractivity contribution in [1.82, 2.24) is 4.90 Å². The van der Waals surface area contributed by atoms with Crippen LogP contribution in [0.2, 0.25) is 0 Å². The molecule has 0 saturated carbocycles. The minimum absolute atomic E-state index is 0.310. The molecule has 1 heterocycles. The molecule has 0 spiro atoms. The van der Waals surface area contributed by atoms with E-state index in [0.29, 0.717) is 25.0 Å². The van der Waals surface area contributed by atoms with Crippen LogP contribution in [0, 0.1) is 0 Å². The van der Waals surface area contributed by atoms with Gasteiger partial charge in [0.1, 0.15) is 5.75 Å². The molecular weight excluding hydrogens is 238 g/mol. The third-order valence-corrected chi connectivity index (χ3v) is 3.67. The van der Waals surface area contributed by atoms with Crippen LogP contribution in [0.4, 0.5) is 0 Å². The van der Waals surface area contributed by atoms with Crippen LogP contribution in [0.25, 0.3) is 0 Å². The van der Waals surface area contributed by atoms with E-state index in [1.807, 2.05) is 35.2 Å². The van der Waals surface area contributed by atoms with E-state index in [2.05, 4.69) is 6.92 Å². The first kappa shape index (κ1) is 13.9. The van der Waals surface area contributed by atoms with Gasteiger partial charge in [-0.2, -0.15) is 0 Å². The first-order valence-electron chi connectivity index (χ1n) is 7.24. The van der Waals surface area contributed by atoms with Crippen molar-refractivity contribution in [3.8, 4) is 5.75 Å². The van der Waals surface area contributed by atoms with Crippen LogP contribution >= 0.6 is 0 Å². The Morgan fingerprint density at radius 2 is 2.11 bits per heavy atom. The molecule has 0 bridgehead atoms. The minimum Gasteiger partial charge on any atom is -0.494 e. The van der Waals surface area contributed by atoms with Gasteiger partial charge in [0.25, 0.3) is 0 Å². The number of carbonyl (C=O) groups is 1. The van der Waals surface area contributed by atoms with Gasteiger partial charge in [-0.3, -0.25) is 4.79 Å². The number of hydrogen-bond donors (Lipinski definition) is 0. The molecule has 1 aliphatic heterocycles. The molecule has 1 amide bonds. The van der Waals surface area contributed by atoms with E-state index >= 15 is 0 Å². The summed E-state index contributed by atoms with van der Waals surface area (Å²) in [5.74, 6) is 1.21. The van der Waals surface area contributed by atoms with Crippen LogP contribution in [0.1, 0.15) is 39.0 Å². The number of hydrogen-bond acceptors (Lipinski definition) is 2. The molecule has 0 N–H and O–H groups in total. The van der Waals surface area contributed by atoms with Crippen molar-refractivity contribution in [3.63, 3.8) is 0 Å². The Labute approximate surface area is 115 Å². The molecular formula is C16H23NO2. The van der Waals surface area contributed by atoms with E-state index in [1.54, 1.807) is 0 Å². The maximum absolute atomic E-state index is 12.0. The van der Waals surface area contributed by atoms with Gasteiger partial charge < -0.3 is 9.64 Å². The lowest BCUT2D eigenvalue weighted by Crippen LogP contribution is -2.33. The minimum atomic E-state index is 0.310. The lowest BCUT2D eigenvalue weighted by molar-refractivity contribution is -0.131. The number of likely N-dealkylation sites (tertiary alicyclic amines) is 1. The summed E-state index contributed by atoms with van der Waals surface area (Å²) in [4.78, 5) is 14.0. The smallest absolute Gasteiger partial charge is 0.222 e. The summed E-state index contributed by atoms with van der Waals surface area (Å²) in [5, 5.41) is 0. The third kappa shape index (κ3) is 4.27. The summed E-state index contributed by atoms with van der Waals surface area (Å²) < 4.78 is 5.61. The van der Waals surface area contributed by atoms with Gasteiger partial charge in [-0.15, -0.1) is 0 Å².